The number of nitrogens with one attached hydrogen (secondary N) is 1. The number of nitrogens with two attached hydrogens (primary N) is 1. The number of benzene rings is 2. The molecule has 0 amide bonds. The van der Waals surface area contributed by atoms with Crippen LogP contribution in [0.3, 0.4) is 0 Å². The highest BCUT2D eigenvalue weighted by Gasteiger charge is 2.19. The quantitative estimate of drug-likeness (QED) is 0.509. The molecule has 4 N–H and O–H groups in total. The lowest BCUT2D eigenvalue weighted by Gasteiger charge is -2.16. The van der Waals surface area contributed by atoms with E-state index in [1.807, 2.05) is 41.8 Å². The zero-order chi connectivity index (χ0) is 19.0. The normalized spacial score (nSPS) is 12.2. The number of para-hydroxylation sites is 1. The van der Waals surface area contributed by atoms with Gasteiger partial charge in [0.25, 0.3) is 0 Å². The zero-order valence-corrected chi connectivity index (χ0v) is 14.3. The van der Waals surface area contributed by atoms with E-state index in [9.17, 15) is 9.50 Å². The van der Waals surface area contributed by atoms with Gasteiger partial charge in [0.2, 0.25) is 11.9 Å². The van der Waals surface area contributed by atoms with Crippen LogP contribution in [0.2, 0.25) is 0 Å². The minimum Gasteiger partial charge on any atom is -0.479 e. The number of nitrogens with zero attached hydrogens (tertiary/aromatic N) is 5. The Morgan fingerprint density at radius 2 is 1.85 bits per heavy atom. The first-order valence-corrected chi connectivity index (χ1v) is 8.21. The fourth-order valence-corrected chi connectivity index (χ4v) is 2.91. The van der Waals surface area contributed by atoms with Gasteiger partial charge < -0.3 is 16.2 Å². The fourth-order valence-electron chi connectivity index (χ4n) is 2.91. The van der Waals surface area contributed by atoms with E-state index in [0.29, 0.717) is 16.9 Å². The number of anilines is 2. The molecule has 136 valence electrons. The molecule has 0 spiro atoms. The average molecular weight is 365 g/mol. The highest BCUT2D eigenvalue weighted by atomic mass is 19.1. The van der Waals surface area contributed by atoms with Crippen molar-refractivity contribution >= 4 is 22.9 Å². The molecule has 0 aliphatic heterocycles. The average Bonchev–Trinajstić information content (AvgIpc) is 3.00. The number of fused-ring (bicyclic) bond motifs is 1. The molecule has 8 nitrogen and oxygen atoms in total. The number of hydrogen-bond donors (Lipinski definition) is 3. The van der Waals surface area contributed by atoms with Crippen molar-refractivity contribution in [2.45, 2.75) is 13.0 Å². The summed E-state index contributed by atoms with van der Waals surface area (Å²) in [6.45, 7) is 1.86. The molecule has 27 heavy (non-hydrogen) atoms. The number of hydrogen-bond acceptors (Lipinski definition) is 7. The second-order valence-electron chi connectivity index (χ2n) is 5.96. The first-order valence-electron chi connectivity index (χ1n) is 8.21. The van der Waals surface area contributed by atoms with E-state index in [1.54, 1.807) is 6.07 Å². The van der Waals surface area contributed by atoms with Gasteiger partial charge in [-0.05, 0) is 31.2 Å². The smallest absolute Gasteiger partial charge is 0.320 e. The molecule has 0 fully saturated rings. The van der Waals surface area contributed by atoms with Crippen LogP contribution >= 0.6 is 0 Å². The van der Waals surface area contributed by atoms with Crippen LogP contribution in [0.25, 0.3) is 16.7 Å². The van der Waals surface area contributed by atoms with Crippen molar-refractivity contribution < 1.29 is 9.50 Å². The Hall–Kier alpha value is -3.75. The Kier molecular flexibility index (Phi) is 4.03. The summed E-state index contributed by atoms with van der Waals surface area (Å²) in [4.78, 5) is 15.9. The molecule has 0 aliphatic carbocycles. The lowest BCUT2D eigenvalue weighted by Crippen LogP contribution is -2.15. The van der Waals surface area contributed by atoms with Crippen LogP contribution in [0, 0.1) is 5.82 Å². The molecule has 0 saturated heterocycles. The van der Waals surface area contributed by atoms with Crippen LogP contribution in [0.15, 0.2) is 48.5 Å². The molecule has 2 aromatic carbocycles. The lowest BCUT2D eigenvalue weighted by atomic mass is 10.2. The topological polar surface area (TPSA) is 115 Å². The molecule has 0 saturated carbocycles. The summed E-state index contributed by atoms with van der Waals surface area (Å²) < 4.78 is 15.7. The number of nitrogen functional groups attached to an aromatic ring is 1. The van der Waals surface area contributed by atoms with Crippen LogP contribution in [0.4, 0.5) is 16.3 Å². The summed E-state index contributed by atoms with van der Waals surface area (Å²) in [6.07, 6.45) is 0. The second-order valence-corrected chi connectivity index (χ2v) is 5.96. The Balaban J connectivity index is 1.83. The highest BCUT2D eigenvalue weighted by molar-refractivity contribution is 5.78. The monoisotopic (exact) mass is 365 g/mol. The van der Waals surface area contributed by atoms with E-state index in [4.69, 9.17) is 5.73 Å². The molecular formula is C18H16FN7O. The molecular weight excluding hydrogens is 349 g/mol. The van der Waals surface area contributed by atoms with Gasteiger partial charge in [0, 0.05) is 11.8 Å². The van der Waals surface area contributed by atoms with E-state index in [2.05, 4.69) is 25.3 Å². The molecule has 1 atom stereocenters. The van der Waals surface area contributed by atoms with Crippen LogP contribution in [0.5, 0.6) is 6.01 Å². The molecule has 2 heterocycles. The summed E-state index contributed by atoms with van der Waals surface area (Å²) in [5, 5.41) is 12.6. The minimum absolute atomic E-state index is 0.101. The zero-order valence-electron chi connectivity index (χ0n) is 14.3. The number of imidazole rings is 1. The van der Waals surface area contributed by atoms with Crippen LogP contribution in [-0.2, 0) is 0 Å². The fraction of sp³-hybridized carbons (Fsp3) is 0.111. The molecule has 0 bridgehead atoms. The summed E-state index contributed by atoms with van der Waals surface area (Å²) in [7, 11) is 0. The van der Waals surface area contributed by atoms with Crippen molar-refractivity contribution in [3.8, 4) is 11.7 Å². The minimum atomic E-state index is -0.476. The summed E-state index contributed by atoms with van der Waals surface area (Å²) in [5.41, 5.74) is 7.68. The SMILES string of the molecule is C[C@H](Nc1nc(N)nc(O)n1)c1nc2ccc(F)cc2n1-c1ccccc1. The third-order valence-corrected chi connectivity index (χ3v) is 4.03. The van der Waals surface area contributed by atoms with Crippen LogP contribution in [0.1, 0.15) is 18.8 Å². The van der Waals surface area contributed by atoms with Crippen molar-refractivity contribution in [1.82, 2.24) is 24.5 Å². The molecule has 2 aromatic heterocycles. The van der Waals surface area contributed by atoms with Gasteiger partial charge in [-0.25, -0.2) is 9.37 Å². The predicted molar refractivity (Wildman–Crippen MR) is 99.0 cm³/mol. The summed E-state index contributed by atoms with van der Waals surface area (Å²) in [6, 6.07) is 13.1. The Labute approximate surface area is 153 Å². The Morgan fingerprint density at radius 3 is 2.59 bits per heavy atom. The Bertz CT molecular complexity index is 1090. The van der Waals surface area contributed by atoms with E-state index in [1.165, 1.54) is 12.1 Å². The summed E-state index contributed by atoms with van der Waals surface area (Å²) in [5.74, 6) is 0.295. The largest absolute Gasteiger partial charge is 0.479 e. The molecule has 9 heteroatoms. The van der Waals surface area contributed by atoms with Gasteiger partial charge in [-0.2, -0.15) is 15.0 Å². The summed E-state index contributed by atoms with van der Waals surface area (Å²) >= 11 is 0. The van der Waals surface area contributed by atoms with Crippen molar-refractivity contribution in [3.05, 3.63) is 60.2 Å². The van der Waals surface area contributed by atoms with E-state index in [0.717, 1.165) is 5.69 Å². The highest BCUT2D eigenvalue weighted by Crippen LogP contribution is 2.27. The maximum atomic E-state index is 13.9. The van der Waals surface area contributed by atoms with Crippen molar-refractivity contribution in [3.63, 3.8) is 0 Å². The van der Waals surface area contributed by atoms with Gasteiger partial charge in [-0.3, -0.25) is 4.57 Å². The Morgan fingerprint density at radius 1 is 1.07 bits per heavy atom. The first-order chi connectivity index (χ1) is 13.0. The maximum absolute atomic E-state index is 13.9. The van der Waals surface area contributed by atoms with Crippen molar-refractivity contribution in [1.29, 1.82) is 0 Å². The molecule has 0 aliphatic rings. The van der Waals surface area contributed by atoms with Gasteiger partial charge in [0.1, 0.15) is 11.6 Å². The van der Waals surface area contributed by atoms with E-state index >= 15 is 0 Å². The predicted octanol–water partition coefficient (Wildman–Crippen LogP) is 2.81. The second kappa shape index (κ2) is 6.52. The number of halogens is 1. The van der Waals surface area contributed by atoms with Gasteiger partial charge >= 0.3 is 6.01 Å². The van der Waals surface area contributed by atoms with Gasteiger partial charge in [0.05, 0.1) is 17.1 Å². The standard InChI is InChI=1S/C18H16FN7O/c1-10(21-17-23-16(20)24-18(27)25-17)15-22-13-8-7-11(19)9-14(13)26(15)12-5-3-2-4-6-12/h2-10H,1H3,(H4,20,21,23,24,25,27)/t10-/m0/s1. The lowest BCUT2D eigenvalue weighted by molar-refractivity contribution is 0.430. The van der Waals surface area contributed by atoms with Gasteiger partial charge in [-0.1, -0.05) is 18.2 Å². The number of aromatic nitrogens is 5. The van der Waals surface area contributed by atoms with Crippen molar-refractivity contribution in [2.75, 3.05) is 11.1 Å². The maximum Gasteiger partial charge on any atom is 0.320 e. The molecule has 4 rings (SSSR count). The molecule has 0 radical (unpaired) electrons. The first kappa shape index (κ1) is 16.7. The molecule has 4 aromatic rings. The number of rotatable bonds is 4. The molecule has 0 unspecified atom stereocenters. The van der Waals surface area contributed by atoms with Gasteiger partial charge in [-0.15, -0.1) is 0 Å². The third kappa shape index (κ3) is 3.22. The van der Waals surface area contributed by atoms with E-state index in [-0.39, 0.29) is 23.8 Å². The van der Waals surface area contributed by atoms with Gasteiger partial charge in [0.15, 0.2) is 0 Å². The number of aromatic hydroxyl groups is 1. The van der Waals surface area contributed by atoms with Crippen molar-refractivity contribution in [2.24, 2.45) is 0 Å². The van der Waals surface area contributed by atoms with Crippen LogP contribution < -0.4 is 11.1 Å². The third-order valence-electron chi connectivity index (χ3n) is 4.03. The van der Waals surface area contributed by atoms with Crippen LogP contribution in [-0.4, -0.2) is 29.6 Å². The van der Waals surface area contributed by atoms with E-state index < -0.39 is 6.01 Å².